The molecular weight excluding hydrogens is 444 g/mol. The minimum atomic E-state index is -1.13. The molecule has 0 aliphatic carbocycles. The van der Waals surface area contributed by atoms with E-state index in [4.69, 9.17) is 5.11 Å². The lowest BCUT2D eigenvalue weighted by atomic mass is 10.2. The Balaban J connectivity index is 1.96. The summed E-state index contributed by atoms with van der Waals surface area (Å²) >= 11 is 3.40. The van der Waals surface area contributed by atoms with Crippen LogP contribution in [-0.2, 0) is 13.6 Å². The molecule has 0 bridgehead atoms. The number of hydrogen-bond acceptors (Lipinski definition) is 7. The van der Waals surface area contributed by atoms with Crippen molar-refractivity contribution in [1.82, 2.24) is 19.1 Å². The van der Waals surface area contributed by atoms with E-state index in [1.807, 2.05) is 36.4 Å². The molecule has 1 atom stereocenters. The molecule has 2 aromatic heterocycles. The van der Waals surface area contributed by atoms with Gasteiger partial charge in [-0.25, -0.2) is 10.2 Å². The lowest BCUT2D eigenvalue weighted by Gasteiger charge is -2.11. The lowest BCUT2D eigenvalue weighted by Crippen LogP contribution is -2.30. The maximum absolute atomic E-state index is 12.3. The number of aliphatic hydroxyl groups excluding tert-OH is 2. The number of H-pyrrole nitrogens is 1. The Morgan fingerprint density at radius 2 is 2.10 bits per heavy atom. The third kappa shape index (κ3) is 4.70. The van der Waals surface area contributed by atoms with Crippen LogP contribution in [-0.4, -0.2) is 48.2 Å². The monoisotopic (exact) mass is 462 g/mol. The van der Waals surface area contributed by atoms with Crippen LogP contribution in [0.5, 0.6) is 0 Å². The molecule has 29 heavy (non-hydrogen) atoms. The van der Waals surface area contributed by atoms with Crippen LogP contribution in [0.25, 0.3) is 17.2 Å². The highest BCUT2D eigenvalue weighted by atomic mass is 79.9. The summed E-state index contributed by atoms with van der Waals surface area (Å²) in [6.45, 7) is -0.620. The normalized spacial score (nSPS) is 13.3. The number of hydrazone groups is 1. The minimum Gasteiger partial charge on any atom is -0.394 e. The number of halogens is 1. The van der Waals surface area contributed by atoms with Gasteiger partial charge in [-0.3, -0.25) is 14.3 Å². The number of rotatable bonds is 7. The number of benzene rings is 1. The highest BCUT2D eigenvalue weighted by molar-refractivity contribution is 9.12. The van der Waals surface area contributed by atoms with E-state index >= 15 is 0 Å². The van der Waals surface area contributed by atoms with E-state index in [1.54, 1.807) is 0 Å². The molecule has 1 aromatic carbocycles. The van der Waals surface area contributed by atoms with Gasteiger partial charge in [0.25, 0.3) is 5.56 Å². The number of aromatic nitrogens is 4. The Morgan fingerprint density at radius 3 is 2.79 bits per heavy atom. The zero-order valence-electron chi connectivity index (χ0n) is 15.4. The predicted molar refractivity (Wildman–Crippen MR) is 114 cm³/mol. The van der Waals surface area contributed by atoms with E-state index in [-0.39, 0.29) is 23.7 Å². The van der Waals surface area contributed by atoms with Crippen molar-refractivity contribution >= 4 is 45.3 Å². The quantitative estimate of drug-likeness (QED) is 0.299. The number of fused-ring (bicyclic) bond motifs is 1. The summed E-state index contributed by atoms with van der Waals surface area (Å²) < 4.78 is 3.22. The molecule has 0 amide bonds. The van der Waals surface area contributed by atoms with Crippen molar-refractivity contribution in [1.29, 1.82) is 0 Å². The van der Waals surface area contributed by atoms with Gasteiger partial charge in [0.15, 0.2) is 11.2 Å². The lowest BCUT2D eigenvalue weighted by molar-refractivity contribution is 0.0825. The van der Waals surface area contributed by atoms with Crippen molar-refractivity contribution in [2.24, 2.45) is 12.1 Å². The van der Waals surface area contributed by atoms with Crippen molar-refractivity contribution in [3.05, 3.63) is 61.2 Å². The summed E-state index contributed by atoms with van der Waals surface area (Å²) in [5.74, 6) is 0.135. The summed E-state index contributed by atoms with van der Waals surface area (Å²) in [5, 5.41) is 23.1. The Kier molecular flexibility index (Phi) is 6.42. The first-order valence-corrected chi connectivity index (χ1v) is 9.39. The summed E-state index contributed by atoms with van der Waals surface area (Å²) in [5.41, 5.74) is 2.63. The van der Waals surface area contributed by atoms with Gasteiger partial charge in [0.05, 0.1) is 25.5 Å². The second kappa shape index (κ2) is 8.99. The highest BCUT2D eigenvalue weighted by Gasteiger charge is 2.19. The number of allylic oxidation sites excluding steroid dienone is 1. The highest BCUT2D eigenvalue weighted by Crippen LogP contribution is 2.16. The summed E-state index contributed by atoms with van der Waals surface area (Å²) in [6, 6.07) is 9.62. The van der Waals surface area contributed by atoms with Crippen molar-refractivity contribution in [3.63, 3.8) is 0 Å². The van der Waals surface area contributed by atoms with Crippen LogP contribution in [0.15, 0.2) is 49.5 Å². The van der Waals surface area contributed by atoms with Gasteiger partial charge in [0.1, 0.15) is 0 Å². The van der Waals surface area contributed by atoms with E-state index in [0.717, 1.165) is 5.56 Å². The van der Waals surface area contributed by atoms with E-state index in [2.05, 4.69) is 36.4 Å². The molecule has 2 heterocycles. The van der Waals surface area contributed by atoms with Gasteiger partial charge in [0.2, 0.25) is 5.95 Å². The number of hydrogen-bond donors (Lipinski definition) is 4. The molecule has 0 aliphatic rings. The summed E-state index contributed by atoms with van der Waals surface area (Å²) in [7, 11) is 1.46. The number of aromatic amines is 1. The van der Waals surface area contributed by atoms with Gasteiger partial charge in [-0.1, -0.05) is 30.3 Å². The van der Waals surface area contributed by atoms with Crippen LogP contribution in [0.1, 0.15) is 5.56 Å². The van der Waals surface area contributed by atoms with Crippen molar-refractivity contribution in [3.8, 4) is 0 Å². The van der Waals surface area contributed by atoms with Crippen molar-refractivity contribution in [2.75, 3.05) is 12.0 Å². The maximum Gasteiger partial charge on any atom is 0.329 e. The molecule has 3 aromatic rings. The molecule has 10 nitrogen and oxygen atoms in total. The van der Waals surface area contributed by atoms with Crippen LogP contribution in [0.2, 0.25) is 0 Å². The van der Waals surface area contributed by atoms with Crippen LogP contribution >= 0.6 is 15.9 Å². The zero-order chi connectivity index (χ0) is 21.0. The first-order chi connectivity index (χ1) is 13.9. The van der Waals surface area contributed by atoms with Crippen LogP contribution in [0, 0.1) is 0 Å². The SMILES string of the molecule is Cn1c(=O)[nH]c(=O)c2c1nc(N/N=C\C(Br)=C\c1ccccc1)n2C[C@@H](O)CO. The van der Waals surface area contributed by atoms with Crippen LogP contribution < -0.4 is 16.7 Å². The van der Waals surface area contributed by atoms with Gasteiger partial charge < -0.3 is 14.8 Å². The third-order valence-electron chi connectivity index (χ3n) is 4.07. The smallest absolute Gasteiger partial charge is 0.329 e. The topological polar surface area (TPSA) is 138 Å². The fraction of sp³-hybridized carbons (Fsp3) is 0.222. The van der Waals surface area contributed by atoms with Gasteiger partial charge in [-0.05, 0) is 27.6 Å². The molecule has 0 radical (unpaired) electrons. The van der Waals surface area contributed by atoms with Crippen molar-refractivity contribution < 1.29 is 10.2 Å². The first kappa shape index (κ1) is 20.7. The average molecular weight is 463 g/mol. The summed E-state index contributed by atoms with van der Waals surface area (Å²) in [6.07, 6.45) is 2.24. The maximum atomic E-state index is 12.3. The van der Waals surface area contributed by atoms with E-state index < -0.39 is 24.0 Å². The fourth-order valence-electron chi connectivity index (χ4n) is 2.66. The largest absolute Gasteiger partial charge is 0.394 e. The second-order valence-corrected chi connectivity index (χ2v) is 7.10. The number of nitrogens with zero attached hydrogens (tertiary/aromatic N) is 4. The van der Waals surface area contributed by atoms with Crippen LogP contribution in [0.3, 0.4) is 0 Å². The Labute approximate surface area is 173 Å². The van der Waals surface area contributed by atoms with Gasteiger partial charge in [-0.15, -0.1) is 0 Å². The molecule has 0 aliphatic heterocycles. The average Bonchev–Trinajstić information content (AvgIpc) is 3.05. The van der Waals surface area contributed by atoms with Gasteiger partial charge >= 0.3 is 5.69 Å². The van der Waals surface area contributed by atoms with Gasteiger partial charge in [0, 0.05) is 11.5 Å². The molecule has 3 rings (SSSR count). The summed E-state index contributed by atoms with van der Waals surface area (Å²) in [4.78, 5) is 30.6. The number of nitrogens with one attached hydrogen (secondary N) is 2. The molecule has 152 valence electrons. The Hall–Kier alpha value is -3.02. The van der Waals surface area contributed by atoms with E-state index in [1.165, 1.54) is 22.4 Å². The number of aryl methyl sites for hydroxylation is 1. The fourth-order valence-corrected chi connectivity index (χ4v) is 3.03. The molecule has 0 saturated heterocycles. The van der Waals surface area contributed by atoms with Gasteiger partial charge in [-0.2, -0.15) is 10.1 Å². The number of anilines is 1. The minimum absolute atomic E-state index is 0.0798. The number of aliphatic hydroxyl groups is 2. The zero-order valence-corrected chi connectivity index (χ0v) is 17.0. The molecule has 0 spiro atoms. The molecule has 4 N–H and O–H groups in total. The molecule has 0 unspecified atom stereocenters. The molecule has 11 heteroatoms. The predicted octanol–water partition coefficient (Wildman–Crippen LogP) is 0.610. The second-order valence-electron chi connectivity index (χ2n) is 6.18. The molecular formula is C18H19BrN6O4. The van der Waals surface area contributed by atoms with Crippen molar-refractivity contribution in [2.45, 2.75) is 12.6 Å². The Bertz CT molecular complexity index is 1180. The number of imidazole rings is 1. The first-order valence-electron chi connectivity index (χ1n) is 8.60. The standard InChI is InChI=1S/C18H19BrN6O4/c1-24-15-14(16(28)22-18(24)29)25(9-13(27)10-26)17(21-15)23-20-8-12(19)7-11-5-3-2-4-6-11/h2-8,13,26-27H,9-10H2,1H3,(H,21,23)(H,22,28,29)/b12-7-,20-8-/t13-/m1/s1. The van der Waals surface area contributed by atoms with Crippen LogP contribution in [0.4, 0.5) is 5.95 Å². The van der Waals surface area contributed by atoms with E-state index in [9.17, 15) is 14.7 Å². The third-order valence-corrected chi connectivity index (χ3v) is 4.50. The molecule has 0 saturated carbocycles. The Morgan fingerprint density at radius 1 is 1.38 bits per heavy atom. The molecule has 0 fully saturated rings. The van der Waals surface area contributed by atoms with E-state index in [0.29, 0.717) is 4.48 Å².